The predicted molar refractivity (Wildman–Crippen MR) is 62.9 cm³/mol. The molecule has 1 atom stereocenters. The molecule has 5 nitrogen and oxygen atoms in total. The zero-order valence-electron chi connectivity index (χ0n) is 10.0. The molecule has 0 spiro atoms. The average molecular weight is 243 g/mol. The van der Waals surface area contributed by atoms with Gasteiger partial charge in [-0.05, 0) is 18.9 Å². The SMILES string of the molecule is O=C(O)CC(NCCC1CCCCC1)C(=O)O. The third-order valence-electron chi connectivity index (χ3n) is 3.34. The summed E-state index contributed by atoms with van der Waals surface area (Å²) in [5.74, 6) is -1.49. The second kappa shape index (κ2) is 7.27. The van der Waals surface area contributed by atoms with Crippen molar-refractivity contribution in [3.63, 3.8) is 0 Å². The summed E-state index contributed by atoms with van der Waals surface area (Å²) in [6.45, 7) is 0.592. The fourth-order valence-electron chi connectivity index (χ4n) is 2.36. The lowest BCUT2D eigenvalue weighted by atomic mass is 9.87. The number of hydrogen-bond acceptors (Lipinski definition) is 3. The molecule has 98 valence electrons. The Morgan fingerprint density at radius 3 is 2.35 bits per heavy atom. The van der Waals surface area contributed by atoms with E-state index in [-0.39, 0.29) is 6.42 Å². The van der Waals surface area contributed by atoms with Gasteiger partial charge in [-0.25, -0.2) is 0 Å². The molecular weight excluding hydrogens is 222 g/mol. The highest BCUT2D eigenvalue weighted by atomic mass is 16.4. The molecule has 0 aromatic carbocycles. The minimum Gasteiger partial charge on any atom is -0.481 e. The Bertz CT molecular complexity index is 261. The van der Waals surface area contributed by atoms with Crippen LogP contribution in [0.15, 0.2) is 0 Å². The number of hydrogen-bond donors (Lipinski definition) is 3. The molecule has 0 aromatic heterocycles. The summed E-state index contributed by atoms with van der Waals surface area (Å²) < 4.78 is 0. The van der Waals surface area contributed by atoms with Crippen LogP contribution in [-0.4, -0.2) is 34.7 Å². The van der Waals surface area contributed by atoms with E-state index in [1.165, 1.54) is 32.1 Å². The van der Waals surface area contributed by atoms with E-state index in [0.717, 1.165) is 6.42 Å². The van der Waals surface area contributed by atoms with E-state index in [1.54, 1.807) is 0 Å². The van der Waals surface area contributed by atoms with Crippen molar-refractivity contribution >= 4 is 11.9 Å². The Morgan fingerprint density at radius 2 is 1.82 bits per heavy atom. The van der Waals surface area contributed by atoms with E-state index >= 15 is 0 Å². The van der Waals surface area contributed by atoms with E-state index in [4.69, 9.17) is 10.2 Å². The number of aliphatic carboxylic acids is 2. The van der Waals surface area contributed by atoms with Crippen LogP contribution in [0.1, 0.15) is 44.9 Å². The molecule has 1 unspecified atom stereocenters. The molecule has 0 aliphatic heterocycles. The molecule has 0 amide bonds. The van der Waals surface area contributed by atoms with Crippen LogP contribution >= 0.6 is 0 Å². The molecule has 1 saturated carbocycles. The Kier molecular flexibility index (Phi) is 5.97. The highest BCUT2D eigenvalue weighted by Gasteiger charge is 2.21. The molecule has 0 bridgehead atoms. The van der Waals surface area contributed by atoms with Gasteiger partial charge < -0.3 is 15.5 Å². The maximum absolute atomic E-state index is 10.8. The molecule has 5 heteroatoms. The van der Waals surface area contributed by atoms with Crippen molar-refractivity contribution in [2.45, 2.75) is 51.0 Å². The first-order chi connectivity index (χ1) is 8.09. The Hall–Kier alpha value is -1.10. The van der Waals surface area contributed by atoms with Gasteiger partial charge in [-0.15, -0.1) is 0 Å². The number of carboxylic acids is 2. The molecular formula is C12H21NO4. The average Bonchev–Trinajstić information content (AvgIpc) is 2.28. The first kappa shape index (κ1) is 14.0. The first-order valence-electron chi connectivity index (χ1n) is 6.27. The lowest BCUT2D eigenvalue weighted by Gasteiger charge is -2.22. The fourth-order valence-corrected chi connectivity index (χ4v) is 2.36. The van der Waals surface area contributed by atoms with E-state index < -0.39 is 18.0 Å². The minimum atomic E-state index is -1.09. The zero-order chi connectivity index (χ0) is 12.7. The van der Waals surface area contributed by atoms with Gasteiger partial charge in [0.2, 0.25) is 0 Å². The van der Waals surface area contributed by atoms with Crippen LogP contribution in [0, 0.1) is 5.92 Å². The van der Waals surface area contributed by atoms with Gasteiger partial charge in [-0.3, -0.25) is 9.59 Å². The number of rotatable bonds is 7. The van der Waals surface area contributed by atoms with Gasteiger partial charge in [0, 0.05) is 0 Å². The molecule has 1 fully saturated rings. The third kappa shape index (κ3) is 5.68. The van der Waals surface area contributed by atoms with Crippen molar-refractivity contribution in [2.24, 2.45) is 5.92 Å². The van der Waals surface area contributed by atoms with Crippen LogP contribution in [0.5, 0.6) is 0 Å². The second-order valence-corrected chi connectivity index (χ2v) is 4.74. The Labute approximate surface area is 101 Å². The fraction of sp³-hybridized carbons (Fsp3) is 0.833. The molecule has 0 radical (unpaired) electrons. The van der Waals surface area contributed by atoms with E-state index in [9.17, 15) is 9.59 Å². The van der Waals surface area contributed by atoms with Crippen molar-refractivity contribution in [1.29, 1.82) is 0 Å². The summed E-state index contributed by atoms with van der Waals surface area (Å²) in [6.07, 6.45) is 6.87. The summed E-state index contributed by atoms with van der Waals surface area (Å²) in [5, 5.41) is 20.2. The molecule has 3 N–H and O–H groups in total. The maximum atomic E-state index is 10.8. The monoisotopic (exact) mass is 243 g/mol. The van der Waals surface area contributed by atoms with Crippen LogP contribution in [0.3, 0.4) is 0 Å². The minimum absolute atomic E-state index is 0.361. The number of nitrogens with one attached hydrogen (secondary N) is 1. The molecule has 1 aliphatic rings. The summed E-state index contributed by atoms with van der Waals surface area (Å²) in [6, 6.07) is -0.962. The van der Waals surface area contributed by atoms with Gasteiger partial charge in [-0.1, -0.05) is 32.1 Å². The smallest absolute Gasteiger partial charge is 0.321 e. The largest absolute Gasteiger partial charge is 0.481 e. The lowest BCUT2D eigenvalue weighted by Crippen LogP contribution is -2.39. The van der Waals surface area contributed by atoms with Crippen molar-refractivity contribution in [2.75, 3.05) is 6.54 Å². The summed E-state index contributed by atoms with van der Waals surface area (Å²) >= 11 is 0. The van der Waals surface area contributed by atoms with Crippen LogP contribution in [0.4, 0.5) is 0 Å². The maximum Gasteiger partial charge on any atom is 0.321 e. The van der Waals surface area contributed by atoms with Gasteiger partial charge in [0.25, 0.3) is 0 Å². The summed E-state index contributed by atoms with van der Waals surface area (Å²) in [4.78, 5) is 21.3. The quantitative estimate of drug-likeness (QED) is 0.630. The predicted octanol–water partition coefficient (Wildman–Crippen LogP) is 1.47. The highest BCUT2D eigenvalue weighted by molar-refractivity contribution is 5.80. The lowest BCUT2D eigenvalue weighted by molar-refractivity contribution is -0.145. The van der Waals surface area contributed by atoms with E-state index in [0.29, 0.717) is 12.5 Å². The molecule has 0 heterocycles. The Balaban J connectivity index is 2.21. The highest BCUT2D eigenvalue weighted by Crippen LogP contribution is 2.25. The van der Waals surface area contributed by atoms with Crippen molar-refractivity contribution in [1.82, 2.24) is 5.32 Å². The third-order valence-corrected chi connectivity index (χ3v) is 3.34. The van der Waals surface area contributed by atoms with Crippen LogP contribution in [-0.2, 0) is 9.59 Å². The van der Waals surface area contributed by atoms with Gasteiger partial charge in [0.1, 0.15) is 6.04 Å². The topological polar surface area (TPSA) is 86.6 Å². The van der Waals surface area contributed by atoms with Gasteiger partial charge in [0.05, 0.1) is 6.42 Å². The number of carboxylic acid groups (broad SMARTS) is 2. The van der Waals surface area contributed by atoms with Crippen molar-refractivity contribution in [3.8, 4) is 0 Å². The van der Waals surface area contributed by atoms with Crippen LogP contribution in [0.25, 0.3) is 0 Å². The molecule has 0 saturated heterocycles. The van der Waals surface area contributed by atoms with Gasteiger partial charge in [0.15, 0.2) is 0 Å². The summed E-state index contributed by atoms with van der Waals surface area (Å²) in [7, 11) is 0. The molecule has 17 heavy (non-hydrogen) atoms. The Morgan fingerprint density at radius 1 is 1.18 bits per heavy atom. The number of carbonyl (C=O) groups is 2. The van der Waals surface area contributed by atoms with Crippen molar-refractivity contribution in [3.05, 3.63) is 0 Å². The van der Waals surface area contributed by atoms with Crippen molar-refractivity contribution < 1.29 is 19.8 Å². The van der Waals surface area contributed by atoms with Crippen LogP contribution < -0.4 is 5.32 Å². The first-order valence-corrected chi connectivity index (χ1v) is 6.27. The van der Waals surface area contributed by atoms with Gasteiger partial charge in [-0.2, -0.15) is 0 Å². The normalized spacial score (nSPS) is 18.8. The standard InChI is InChI=1S/C12H21NO4/c14-11(15)8-10(12(16)17)13-7-6-9-4-2-1-3-5-9/h9-10,13H,1-8H2,(H,14,15)(H,16,17). The zero-order valence-corrected chi connectivity index (χ0v) is 10.0. The molecule has 0 aromatic rings. The van der Waals surface area contributed by atoms with E-state index in [1.807, 2.05) is 0 Å². The van der Waals surface area contributed by atoms with E-state index in [2.05, 4.69) is 5.32 Å². The molecule has 1 rings (SSSR count). The summed E-state index contributed by atoms with van der Waals surface area (Å²) in [5.41, 5.74) is 0. The van der Waals surface area contributed by atoms with Crippen LogP contribution in [0.2, 0.25) is 0 Å². The molecule has 1 aliphatic carbocycles. The van der Waals surface area contributed by atoms with Gasteiger partial charge >= 0.3 is 11.9 Å². The second-order valence-electron chi connectivity index (χ2n) is 4.74.